The number of aromatic nitrogens is 2. The fourth-order valence-corrected chi connectivity index (χ4v) is 3.35. The summed E-state index contributed by atoms with van der Waals surface area (Å²) < 4.78 is 0. The van der Waals surface area contributed by atoms with Crippen LogP contribution in [0.3, 0.4) is 0 Å². The Balaban J connectivity index is 1.88. The molecule has 0 saturated carbocycles. The molecule has 21 heavy (non-hydrogen) atoms. The molecule has 0 saturated heterocycles. The average Bonchev–Trinajstić information content (AvgIpc) is 2.89. The summed E-state index contributed by atoms with van der Waals surface area (Å²) in [5.74, 6) is 0.774. The SMILES string of the molecule is CCc1cc2c(NCc3ccc(Cl)cc3)nc(Cl)nc2s1. The molecule has 0 radical (unpaired) electrons. The summed E-state index contributed by atoms with van der Waals surface area (Å²) in [6.07, 6.45) is 0.981. The van der Waals surface area contributed by atoms with E-state index in [4.69, 9.17) is 23.2 Å². The molecule has 2 heterocycles. The number of nitrogens with zero attached hydrogens (tertiary/aromatic N) is 2. The minimum Gasteiger partial charge on any atom is -0.365 e. The lowest BCUT2D eigenvalue weighted by molar-refractivity contribution is 1.10. The first-order valence-electron chi connectivity index (χ1n) is 6.60. The van der Waals surface area contributed by atoms with Gasteiger partial charge in [-0.25, -0.2) is 9.97 Å². The Kier molecular flexibility index (Phi) is 4.29. The molecule has 0 atom stereocenters. The van der Waals surface area contributed by atoms with Gasteiger partial charge in [-0.05, 0) is 41.8 Å². The molecule has 3 nitrogen and oxygen atoms in total. The van der Waals surface area contributed by atoms with Crippen LogP contribution in [0.4, 0.5) is 5.82 Å². The summed E-state index contributed by atoms with van der Waals surface area (Å²) >= 11 is 13.6. The fraction of sp³-hybridized carbons (Fsp3) is 0.200. The third-order valence-corrected chi connectivity index (χ3v) is 4.73. The van der Waals surface area contributed by atoms with Crippen molar-refractivity contribution in [3.8, 4) is 0 Å². The topological polar surface area (TPSA) is 37.8 Å². The highest BCUT2D eigenvalue weighted by Crippen LogP contribution is 2.30. The highest BCUT2D eigenvalue weighted by Gasteiger charge is 2.10. The smallest absolute Gasteiger partial charge is 0.225 e. The van der Waals surface area contributed by atoms with Crippen molar-refractivity contribution in [3.63, 3.8) is 0 Å². The molecule has 2 aromatic heterocycles. The van der Waals surface area contributed by atoms with Crippen molar-refractivity contribution in [1.82, 2.24) is 9.97 Å². The number of thiophene rings is 1. The van der Waals surface area contributed by atoms with E-state index in [9.17, 15) is 0 Å². The second kappa shape index (κ2) is 6.18. The van der Waals surface area contributed by atoms with E-state index in [0.717, 1.165) is 33.0 Å². The van der Waals surface area contributed by atoms with Gasteiger partial charge in [0.2, 0.25) is 5.28 Å². The van der Waals surface area contributed by atoms with Crippen molar-refractivity contribution in [2.24, 2.45) is 0 Å². The molecule has 108 valence electrons. The second-order valence-electron chi connectivity index (χ2n) is 4.61. The van der Waals surface area contributed by atoms with Crippen molar-refractivity contribution in [3.05, 3.63) is 51.1 Å². The van der Waals surface area contributed by atoms with E-state index in [1.165, 1.54) is 4.88 Å². The normalized spacial score (nSPS) is 11.0. The fourth-order valence-electron chi connectivity index (χ4n) is 2.04. The van der Waals surface area contributed by atoms with E-state index >= 15 is 0 Å². The van der Waals surface area contributed by atoms with E-state index in [0.29, 0.717) is 6.54 Å². The molecule has 0 aliphatic rings. The third kappa shape index (κ3) is 3.28. The molecule has 0 spiro atoms. The number of anilines is 1. The number of benzene rings is 1. The maximum Gasteiger partial charge on any atom is 0.225 e. The van der Waals surface area contributed by atoms with E-state index in [1.54, 1.807) is 11.3 Å². The zero-order chi connectivity index (χ0) is 14.8. The number of hydrogen-bond donors (Lipinski definition) is 1. The van der Waals surface area contributed by atoms with Gasteiger partial charge in [-0.15, -0.1) is 11.3 Å². The molecule has 0 aliphatic heterocycles. The molecule has 0 bridgehead atoms. The molecule has 0 aliphatic carbocycles. The molecule has 0 amide bonds. The Labute approximate surface area is 137 Å². The van der Waals surface area contributed by atoms with Crippen LogP contribution in [0, 0.1) is 0 Å². The highest BCUT2D eigenvalue weighted by molar-refractivity contribution is 7.18. The van der Waals surface area contributed by atoms with Crippen LogP contribution in [-0.2, 0) is 13.0 Å². The first-order valence-corrected chi connectivity index (χ1v) is 8.17. The van der Waals surface area contributed by atoms with Crippen molar-refractivity contribution in [2.75, 3.05) is 5.32 Å². The third-order valence-electron chi connectivity index (χ3n) is 3.14. The minimum atomic E-state index is 0.269. The number of nitrogens with one attached hydrogen (secondary N) is 1. The monoisotopic (exact) mass is 337 g/mol. The quantitative estimate of drug-likeness (QED) is 0.667. The first kappa shape index (κ1) is 14.6. The lowest BCUT2D eigenvalue weighted by Gasteiger charge is -2.07. The van der Waals surface area contributed by atoms with Crippen molar-refractivity contribution >= 4 is 50.6 Å². The van der Waals surface area contributed by atoms with Crippen molar-refractivity contribution < 1.29 is 0 Å². The van der Waals surface area contributed by atoms with E-state index in [2.05, 4.69) is 28.3 Å². The predicted molar refractivity (Wildman–Crippen MR) is 90.6 cm³/mol. The van der Waals surface area contributed by atoms with Gasteiger partial charge in [0, 0.05) is 16.4 Å². The number of hydrogen-bond acceptors (Lipinski definition) is 4. The molecule has 3 aromatic rings. The van der Waals surface area contributed by atoms with Crippen LogP contribution in [0.15, 0.2) is 30.3 Å². The van der Waals surface area contributed by atoms with Gasteiger partial charge in [-0.2, -0.15) is 0 Å². The molecule has 3 rings (SSSR count). The Morgan fingerprint density at radius 3 is 2.62 bits per heavy atom. The van der Waals surface area contributed by atoms with Gasteiger partial charge in [0.15, 0.2) is 0 Å². The predicted octanol–water partition coefficient (Wildman–Crippen LogP) is 5.17. The van der Waals surface area contributed by atoms with Gasteiger partial charge >= 0.3 is 0 Å². The van der Waals surface area contributed by atoms with Crippen molar-refractivity contribution in [1.29, 1.82) is 0 Å². The summed E-state index contributed by atoms with van der Waals surface area (Å²) in [4.78, 5) is 10.8. The van der Waals surface area contributed by atoms with Gasteiger partial charge < -0.3 is 5.32 Å². The standard InChI is InChI=1S/C15H13Cl2N3S/c1-2-11-7-12-13(19-15(17)20-14(12)21-11)18-8-9-3-5-10(16)6-4-9/h3-7H,2,8H2,1H3,(H,18,19,20). The lowest BCUT2D eigenvalue weighted by atomic mass is 10.2. The second-order valence-corrected chi connectivity index (χ2v) is 6.50. The van der Waals surface area contributed by atoms with Gasteiger partial charge in [-0.3, -0.25) is 0 Å². The maximum absolute atomic E-state index is 6.01. The first-order chi connectivity index (χ1) is 10.2. The van der Waals surface area contributed by atoms with Gasteiger partial charge in [0.05, 0.1) is 5.39 Å². The maximum atomic E-state index is 6.01. The minimum absolute atomic E-state index is 0.269. The summed E-state index contributed by atoms with van der Waals surface area (Å²) in [5, 5.41) is 5.36. The molecular weight excluding hydrogens is 325 g/mol. The Bertz CT molecular complexity index is 768. The van der Waals surface area contributed by atoms with Crippen molar-refractivity contribution in [2.45, 2.75) is 19.9 Å². The van der Waals surface area contributed by atoms with Crippen LogP contribution in [0.25, 0.3) is 10.2 Å². The average molecular weight is 338 g/mol. The zero-order valence-electron chi connectivity index (χ0n) is 11.4. The molecule has 1 aromatic carbocycles. The number of halogens is 2. The van der Waals surface area contributed by atoms with Crippen LogP contribution in [0.1, 0.15) is 17.4 Å². The van der Waals surface area contributed by atoms with E-state index in [1.807, 2.05) is 24.3 Å². The largest absolute Gasteiger partial charge is 0.365 e. The van der Waals surface area contributed by atoms with Crippen LogP contribution in [0.5, 0.6) is 0 Å². The summed E-state index contributed by atoms with van der Waals surface area (Å²) in [7, 11) is 0. The Hall–Kier alpha value is -1.36. The summed E-state index contributed by atoms with van der Waals surface area (Å²) in [5.41, 5.74) is 1.13. The van der Waals surface area contributed by atoms with Crippen LogP contribution in [0.2, 0.25) is 10.3 Å². The number of rotatable bonds is 4. The summed E-state index contributed by atoms with van der Waals surface area (Å²) in [6.45, 7) is 2.79. The lowest BCUT2D eigenvalue weighted by Crippen LogP contribution is -2.02. The molecule has 6 heteroatoms. The highest BCUT2D eigenvalue weighted by atomic mass is 35.5. The molecule has 0 unspecified atom stereocenters. The molecule has 0 fully saturated rings. The van der Waals surface area contributed by atoms with Crippen LogP contribution in [-0.4, -0.2) is 9.97 Å². The van der Waals surface area contributed by atoms with Crippen LogP contribution < -0.4 is 5.32 Å². The van der Waals surface area contributed by atoms with Gasteiger partial charge in [-0.1, -0.05) is 30.7 Å². The molecular formula is C15H13Cl2N3S. The van der Waals surface area contributed by atoms with Gasteiger partial charge in [0.1, 0.15) is 10.6 Å². The van der Waals surface area contributed by atoms with E-state index in [-0.39, 0.29) is 5.28 Å². The summed E-state index contributed by atoms with van der Waals surface area (Å²) in [6, 6.07) is 9.85. The Morgan fingerprint density at radius 1 is 1.14 bits per heavy atom. The van der Waals surface area contributed by atoms with E-state index < -0.39 is 0 Å². The Morgan fingerprint density at radius 2 is 1.90 bits per heavy atom. The number of aryl methyl sites for hydroxylation is 1. The van der Waals surface area contributed by atoms with Crippen LogP contribution >= 0.6 is 34.5 Å². The number of fused-ring (bicyclic) bond motifs is 1. The van der Waals surface area contributed by atoms with Gasteiger partial charge in [0.25, 0.3) is 0 Å². The molecule has 1 N–H and O–H groups in total. The zero-order valence-corrected chi connectivity index (χ0v) is 13.7.